The fraction of sp³-hybridized carbons (Fsp3) is 0.297. The maximum absolute atomic E-state index is 14.5. The van der Waals surface area contributed by atoms with Crippen LogP contribution in [0.4, 0.5) is 26.3 Å². The van der Waals surface area contributed by atoms with E-state index in [1.165, 1.54) is 36.4 Å². The van der Waals surface area contributed by atoms with Gasteiger partial charge in [-0.25, -0.2) is 9.98 Å². The van der Waals surface area contributed by atoms with Gasteiger partial charge in [0.25, 0.3) is 0 Å². The zero-order chi connectivity index (χ0) is 32.6. The molecule has 2 aliphatic carbocycles. The van der Waals surface area contributed by atoms with Crippen molar-refractivity contribution in [3.05, 3.63) is 142 Å². The lowest BCUT2D eigenvalue weighted by Gasteiger charge is -2.35. The second-order valence-corrected chi connectivity index (χ2v) is 12.6. The standard InChI is InChI=1S/C37H28F6N2O2/c38-36(39,40)27-15-7-3-11-23(27)19-35(20-24-12-4-8-16-28(24)37(41,42)43,33-44-31-25-13-5-1-9-21(25)17-29(31)46-33)34-45-32-26-14-6-2-10-22(26)18-30(32)47-34/h1-16,29-32H,17-20H2/t29-,30-,31+,32+/m0/s1. The maximum atomic E-state index is 14.5. The third-order valence-corrected chi connectivity index (χ3v) is 9.78. The van der Waals surface area contributed by atoms with Crippen molar-refractivity contribution < 1.29 is 35.8 Å². The molecule has 0 aromatic heterocycles. The topological polar surface area (TPSA) is 43.2 Å². The Labute approximate surface area is 266 Å². The fourth-order valence-corrected chi connectivity index (χ4v) is 7.67. The van der Waals surface area contributed by atoms with Crippen molar-refractivity contribution in [2.45, 2.75) is 62.3 Å². The van der Waals surface area contributed by atoms with Crippen molar-refractivity contribution in [1.29, 1.82) is 0 Å². The summed E-state index contributed by atoms with van der Waals surface area (Å²) in [6.07, 6.45) is -10.1. The number of halogens is 6. The Morgan fingerprint density at radius 2 is 0.915 bits per heavy atom. The minimum Gasteiger partial charge on any atom is -0.474 e. The molecule has 0 saturated carbocycles. The first-order chi connectivity index (χ1) is 22.5. The van der Waals surface area contributed by atoms with Crippen LogP contribution in [0, 0.1) is 5.41 Å². The normalized spacial score (nSPS) is 22.9. The number of fused-ring (bicyclic) bond motifs is 6. The van der Waals surface area contributed by atoms with Crippen molar-refractivity contribution in [1.82, 2.24) is 0 Å². The summed E-state index contributed by atoms with van der Waals surface area (Å²) in [5.74, 6) is 0.0888. The van der Waals surface area contributed by atoms with Crippen LogP contribution in [0.15, 0.2) is 107 Å². The molecule has 4 aromatic rings. The van der Waals surface area contributed by atoms with E-state index in [1.807, 2.05) is 48.5 Å². The Kier molecular flexibility index (Phi) is 6.79. The number of hydrogen-bond acceptors (Lipinski definition) is 4. The van der Waals surface area contributed by atoms with E-state index in [0.717, 1.165) is 34.4 Å². The molecule has 240 valence electrons. The SMILES string of the molecule is FC(F)(F)c1ccccc1CC(Cc1ccccc1C(F)(F)F)(C1=N[C@@H]2c3ccccc3C[C@@H]2O1)C1=N[C@@H]2c3ccccc3C[C@@H]2O1. The van der Waals surface area contributed by atoms with E-state index in [1.54, 1.807) is 0 Å². The molecule has 0 N–H and O–H groups in total. The van der Waals surface area contributed by atoms with Gasteiger partial charge in [0.1, 0.15) is 29.7 Å². The highest BCUT2D eigenvalue weighted by Gasteiger charge is 2.56. The van der Waals surface area contributed by atoms with Crippen molar-refractivity contribution in [3.8, 4) is 0 Å². The Morgan fingerprint density at radius 3 is 1.34 bits per heavy atom. The average molecular weight is 647 g/mol. The summed E-state index contributed by atoms with van der Waals surface area (Å²) in [7, 11) is 0. The highest BCUT2D eigenvalue weighted by molar-refractivity contribution is 6.07. The number of rotatable bonds is 6. The molecule has 8 rings (SSSR count). The Morgan fingerprint density at radius 1 is 0.532 bits per heavy atom. The van der Waals surface area contributed by atoms with Crippen LogP contribution >= 0.6 is 0 Å². The highest BCUT2D eigenvalue weighted by atomic mass is 19.4. The molecule has 0 radical (unpaired) electrons. The molecule has 0 bridgehead atoms. The molecule has 0 saturated heterocycles. The Balaban J connectivity index is 1.35. The van der Waals surface area contributed by atoms with Gasteiger partial charge in [0.2, 0.25) is 11.8 Å². The molecule has 0 fully saturated rings. The van der Waals surface area contributed by atoms with Crippen molar-refractivity contribution in [2.75, 3.05) is 0 Å². The quantitative estimate of drug-likeness (QED) is 0.197. The predicted molar refractivity (Wildman–Crippen MR) is 163 cm³/mol. The minimum absolute atomic E-state index is 0.0444. The van der Waals surface area contributed by atoms with E-state index in [0.29, 0.717) is 12.8 Å². The van der Waals surface area contributed by atoms with E-state index >= 15 is 0 Å². The number of nitrogens with zero attached hydrogens (tertiary/aromatic N) is 2. The predicted octanol–water partition coefficient (Wildman–Crippen LogP) is 8.69. The summed E-state index contributed by atoms with van der Waals surface area (Å²) >= 11 is 0. The molecule has 0 amide bonds. The van der Waals surface area contributed by atoms with Gasteiger partial charge in [-0.2, -0.15) is 26.3 Å². The van der Waals surface area contributed by atoms with Gasteiger partial charge in [-0.1, -0.05) is 84.9 Å². The second-order valence-electron chi connectivity index (χ2n) is 12.6. The van der Waals surface area contributed by atoms with Gasteiger partial charge in [-0.05, 0) is 58.4 Å². The third kappa shape index (κ3) is 5.00. The van der Waals surface area contributed by atoms with Gasteiger partial charge in [-0.3, -0.25) is 0 Å². The molecule has 47 heavy (non-hydrogen) atoms. The molecular weight excluding hydrogens is 618 g/mol. The molecular formula is C37H28F6N2O2. The fourth-order valence-electron chi connectivity index (χ4n) is 7.67. The van der Waals surface area contributed by atoms with Crippen LogP contribution in [0.5, 0.6) is 0 Å². The lowest BCUT2D eigenvalue weighted by atomic mass is 9.74. The van der Waals surface area contributed by atoms with E-state index in [9.17, 15) is 26.3 Å². The molecule has 0 spiro atoms. The zero-order valence-corrected chi connectivity index (χ0v) is 24.9. The third-order valence-electron chi connectivity index (χ3n) is 9.78. The van der Waals surface area contributed by atoms with Crippen LogP contribution in [0.2, 0.25) is 0 Å². The van der Waals surface area contributed by atoms with Crippen molar-refractivity contribution in [3.63, 3.8) is 0 Å². The summed E-state index contributed by atoms with van der Waals surface area (Å²) in [6.45, 7) is 0. The molecule has 4 aromatic carbocycles. The van der Waals surface area contributed by atoms with Gasteiger partial charge >= 0.3 is 12.4 Å². The van der Waals surface area contributed by atoms with Crippen LogP contribution in [-0.2, 0) is 47.5 Å². The smallest absolute Gasteiger partial charge is 0.416 e. The maximum Gasteiger partial charge on any atom is 0.416 e. The largest absolute Gasteiger partial charge is 0.474 e. The number of ether oxygens (including phenoxy) is 2. The van der Waals surface area contributed by atoms with Crippen LogP contribution in [-0.4, -0.2) is 24.0 Å². The number of hydrogen-bond donors (Lipinski definition) is 0. The number of aliphatic imine (C=N–C) groups is 2. The van der Waals surface area contributed by atoms with Crippen LogP contribution in [0.3, 0.4) is 0 Å². The first kappa shape index (κ1) is 29.8. The molecule has 4 nitrogen and oxygen atoms in total. The molecule has 2 aliphatic heterocycles. The van der Waals surface area contributed by atoms with Crippen LogP contribution in [0.1, 0.15) is 56.6 Å². The average Bonchev–Trinajstić information content (AvgIpc) is 3.80. The van der Waals surface area contributed by atoms with Gasteiger partial charge in [0.15, 0.2) is 0 Å². The van der Waals surface area contributed by atoms with E-state index in [2.05, 4.69) is 0 Å². The first-order valence-corrected chi connectivity index (χ1v) is 15.5. The molecule has 2 heterocycles. The lowest BCUT2D eigenvalue weighted by Crippen LogP contribution is -2.46. The molecule has 0 unspecified atom stereocenters. The summed E-state index contributed by atoms with van der Waals surface area (Å²) in [4.78, 5) is 9.99. The number of benzene rings is 4. The Hall–Kier alpha value is -4.60. The van der Waals surface area contributed by atoms with E-state index in [4.69, 9.17) is 19.5 Å². The zero-order valence-electron chi connectivity index (χ0n) is 24.9. The molecule has 4 aliphatic rings. The Bertz CT molecular complexity index is 1790. The van der Waals surface area contributed by atoms with E-state index in [-0.39, 0.29) is 22.9 Å². The summed E-state index contributed by atoms with van der Waals surface area (Å²) in [6, 6.07) is 24.7. The highest BCUT2D eigenvalue weighted by Crippen LogP contribution is 2.50. The van der Waals surface area contributed by atoms with Crippen LogP contribution < -0.4 is 0 Å². The van der Waals surface area contributed by atoms with Crippen LogP contribution in [0.25, 0.3) is 0 Å². The molecule has 4 atom stereocenters. The summed E-state index contributed by atoms with van der Waals surface area (Å²) in [5.41, 5.74) is 0.210. The van der Waals surface area contributed by atoms with Gasteiger partial charge in [0, 0.05) is 12.8 Å². The summed E-state index contributed by atoms with van der Waals surface area (Å²) in [5, 5.41) is 0. The van der Waals surface area contributed by atoms with Crippen molar-refractivity contribution in [2.24, 2.45) is 15.4 Å². The molecule has 10 heteroatoms. The minimum atomic E-state index is -4.71. The lowest BCUT2D eigenvalue weighted by molar-refractivity contribution is -0.138. The second kappa shape index (κ2) is 10.7. The van der Waals surface area contributed by atoms with Gasteiger partial charge < -0.3 is 9.47 Å². The first-order valence-electron chi connectivity index (χ1n) is 15.5. The van der Waals surface area contributed by atoms with Gasteiger partial charge in [0.05, 0.1) is 11.1 Å². The van der Waals surface area contributed by atoms with Crippen molar-refractivity contribution >= 4 is 11.8 Å². The summed E-state index contributed by atoms with van der Waals surface area (Å²) < 4.78 is 99.9. The monoisotopic (exact) mass is 646 g/mol. The van der Waals surface area contributed by atoms with Gasteiger partial charge in [-0.15, -0.1) is 0 Å². The van der Waals surface area contributed by atoms with E-state index < -0.39 is 66.0 Å². The number of alkyl halides is 6.